The van der Waals surface area contributed by atoms with Crippen molar-refractivity contribution in [2.24, 2.45) is 23.3 Å². The van der Waals surface area contributed by atoms with Crippen molar-refractivity contribution in [3.05, 3.63) is 23.3 Å². The van der Waals surface area contributed by atoms with E-state index in [1.807, 2.05) is 6.08 Å². The molecule has 0 aromatic carbocycles. The lowest BCUT2D eigenvalue weighted by atomic mass is 9.81. The molecule has 4 atom stereocenters. The standard InChI is InChI=1S/C19H29N3O4/c1-10(2)15(23)17(25)19(21)9-12-7-5-6-8-13(12)14(16(24)11(3)20)18(26)22(19)4/h6,8,10-11,14-15,23H,5,7,9,20-21H2,1-4H3/t11-,14-,15-,19?/m0/s1. The van der Waals surface area contributed by atoms with Gasteiger partial charge in [-0.25, -0.2) is 0 Å². The van der Waals surface area contributed by atoms with Gasteiger partial charge in [0.2, 0.25) is 11.7 Å². The van der Waals surface area contributed by atoms with E-state index in [1.165, 1.54) is 14.0 Å². The second-order valence-corrected chi connectivity index (χ2v) is 7.68. The van der Waals surface area contributed by atoms with Gasteiger partial charge in [-0.1, -0.05) is 31.6 Å². The smallest absolute Gasteiger partial charge is 0.239 e. The summed E-state index contributed by atoms with van der Waals surface area (Å²) in [6, 6.07) is -0.816. The third-order valence-electron chi connectivity index (χ3n) is 5.35. The van der Waals surface area contributed by atoms with E-state index in [9.17, 15) is 19.5 Å². The van der Waals surface area contributed by atoms with Crippen LogP contribution in [0.15, 0.2) is 23.3 Å². The Labute approximate surface area is 154 Å². The largest absolute Gasteiger partial charge is 0.385 e. The highest BCUT2D eigenvalue weighted by Crippen LogP contribution is 2.38. The lowest BCUT2D eigenvalue weighted by Crippen LogP contribution is -2.65. The summed E-state index contributed by atoms with van der Waals surface area (Å²) in [5, 5.41) is 10.3. The number of aliphatic hydroxyl groups excluding tert-OH is 1. The van der Waals surface area contributed by atoms with Crippen molar-refractivity contribution in [3.8, 4) is 0 Å². The number of Topliss-reactive ketones (excluding diaryl/α,β-unsaturated/α-hetero) is 2. The average Bonchev–Trinajstić information content (AvgIpc) is 2.68. The van der Waals surface area contributed by atoms with Gasteiger partial charge in [-0.05, 0) is 31.3 Å². The first-order valence-corrected chi connectivity index (χ1v) is 8.99. The van der Waals surface area contributed by atoms with E-state index in [-0.39, 0.29) is 12.3 Å². The Bertz CT molecular complexity index is 680. The zero-order valence-electron chi connectivity index (χ0n) is 15.9. The van der Waals surface area contributed by atoms with E-state index < -0.39 is 41.2 Å². The lowest BCUT2D eigenvalue weighted by Gasteiger charge is -2.39. The van der Waals surface area contributed by atoms with E-state index in [0.717, 1.165) is 16.9 Å². The van der Waals surface area contributed by atoms with Crippen molar-refractivity contribution in [2.45, 2.75) is 57.8 Å². The maximum absolute atomic E-state index is 13.1. The summed E-state index contributed by atoms with van der Waals surface area (Å²) in [5.74, 6) is -2.98. The first-order chi connectivity index (χ1) is 12.0. The van der Waals surface area contributed by atoms with Crippen LogP contribution < -0.4 is 11.5 Å². The summed E-state index contributed by atoms with van der Waals surface area (Å²) < 4.78 is 0. The minimum atomic E-state index is -1.70. The predicted molar refractivity (Wildman–Crippen MR) is 97.7 cm³/mol. The lowest BCUT2D eigenvalue weighted by molar-refractivity contribution is -0.153. The molecule has 1 heterocycles. The molecule has 144 valence electrons. The van der Waals surface area contributed by atoms with Crippen LogP contribution in [0.25, 0.3) is 0 Å². The normalized spacial score (nSPS) is 28.7. The van der Waals surface area contributed by atoms with Gasteiger partial charge in [-0.2, -0.15) is 0 Å². The molecule has 0 aromatic rings. The van der Waals surface area contributed by atoms with Gasteiger partial charge in [-0.3, -0.25) is 14.4 Å². The van der Waals surface area contributed by atoms with E-state index >= 15 is 0 Å². The molecule has 0 aromatic heterocycles. The number of carbonyl (C=O) groups is 3. The van der Waals surface area contributed by atoms with Crippen LogP contribution in [-0.4, -0.2) is 52.3 Å². The van der Waals surface area contributed by atoms with Crippen LogP contribution in [-0.2, 0) is 14.4 Å². The van der Waals surface area contributed by atoms with Gasteiger partial charge in [0.1, 0.15) is 12.0 Å². The number of rotatable bonds is 5. The van der Waals surface area contributed by atoms with Crippen LogP contribution in [0.3, 0.4) is 0 Å². The van der Waals surface area contributed by atoms with Crippen LogP contribution in [0.5, 0.6) is 0 Å². The fourth-order valence-corrected chi connectivity index (χ4v) is 3.54. The minimum Gasteiger partial charge on any atom is -0.385 e. The van der Waals surface area contributed by atoms with E-state index in [2.05, 4.69) is 0 Å². The Hall–Kier alpha value is -1.83. The molecule has 2 rings (SSSR count). The second kappa shape index (κ2) is 7.42. The molecule has 1 aliphatic heterocycles. The molecule has 0 spiro atoms. The van der Waals surface area contributed by atoms with Gasteiger partial charge < -0.3 is 21.5 Å². The van der Waals surface area contributed by atoms with Crippen LogP contribution in [0, 0.1) is 11.8 Å². The summed E-state index contributed by atoms with van der Waals surface area (Å²) in [6.07, 6.45) is 3.83. The third-order valence-corrected chi connectivity index (χ3v) is 5.35. The molecule has 0 saturated carbocycles. The Morgan fingerprint density at radius 2 is 1.96 bits per heavy atom. The highest BCUT2D eigenvalue weighted by Gasteiger charge is 2.50. The fourth-order valence-electron chi connectivity index (χ4n) is 3.54. The molecule has 7 nitrogen and oxygen atoms in total. The number of hydrogen-bond acceptors (Lipinski definition) is 6. The summed E-state index contributed by atoms with van der Waals surface area (Å²) in [7, 11) is 1.41. The van der Waals surface area contributed by atoms with Gasteiger partial charge in [-0.15, -0.1) is 0 Å². The first-order valence-electron chi connectivity index (χ1n) is 8.99. The Morgan fingerprint density at radius 1 is 1.35 bits per heavy atom. The molecular weight excluding hydrogens is 334 g/mol. The number of likely N-dealkylation sites (N-methyl/N-ethyl adjacent to an activating group) is 1. The fraction of sp³-hybridized carbons (Fsp3) is 0.632. The number of nitrogens with zero attached hydrogens (tertiary/aromatic N) is 1. The highest BCUT2D eigenvalue weighted by molar-refractivity contribution is 6.09. The van der Waals surface area contributed by atoms with Crippen molar-refractivity contribution in [1.82, 2.24) is 4.90 Å². The number of aliphatic hydroxyl groups is 1. The van der Waals surface area contributed by atoms with Crippen molar-refractivity contribution in [2.75, 3.05) is 7.05 Å². The molecule has 0 saturated heterocycles. The Kier molecular flexibility index (Phi) is 5.85. The summed E-state index contributed by atoms with van der Waals surface area (Å²) in [5.41, 5.74) is 11.9. The Balaban J connectivity index is 2.58. The molecule has 0 fully saturated rings. The summed E-state index contributed by atoms with van der Waals surface area (Å²) in [6.45, 7) is 4.96. The first kappa shape index (κ1) is 20.5. The summed E-state index contributed by atoms with van der Waals surface area (Å²) >= 11 is 0. The molecular formula is C19H29N3O4. The zero-order valence-corrected chi connectivity index (χ0v) is 15.9. The third kappa shape index (κ3) is 3.39. The minimum absolute atomic E-state index is 0.0975. The van der Waals surface area contributed by atoms with Crippen molar-refractivity contribution in [1.29, 1.82) is 0 Å². The van der Waals surface area contributed by atoms with Crippen molar-refractivity contribution >= 4 is 17.5 Å². The molecule has 7 heteroatoms. The van der Waals surface area contributed by atoms with Crippen LogP contribution >= 0.6 is 0 Å². The SMILES string of the molecule is CC(C)[C@H](O)C(=O)C1(N)CC2=C(C=CCC2)[C@@H](C(=O)[C@H](C)N)C(=O)N1C. The summed E-state index contributed by atoms with van der Waals surface area (Å²) in [4.78, 5) is 39.9. The van der Waals surface area contributed by atoms with Crippen LogP contribution in [0.2, 0.25) is 0 Å². The molecule has 2 aliphatic rings. The van der Waals surface area contributed by atoms with Gasteiger partial charge >= 0.3 is 0 Å². The van der Waals surface area contributed by atoms with Gasteiger partial charge in [0.15, 0.2) is 11.4 Å². The second-order valence-electron chi connectivity index (χ2n) is 7.68. The monoisotopic (exact) mass is 363 g/mol. The maximum atomic E-state index is 13.1. The van der Waals surface area contributed by atoms with Crippen LogP contribution in [0.4, 0.5) is 0 Å². The number of ketones is 2. The topological polar surface area (TPSA) is 127 Å². The quantitative estimate of drug-likeness (QED) is 0.602. The van der Waals surface area contributed by atoms with E-state index in [1.54, 1.807) is 19.9 Å². The number of allylic oxidation sites excluding steroid dienone is 2. The van der Waals surface area contributed by atoms with Crippen LogP contribution in [0.1, 0.15) is 40.0 Å². The number of nitrogens with two attached hydrogens (primary N) is 2. The van der Waals surface area contributed by atoms with Gasteiger partial charge in [0.05, 0.1) is 6.04 Å². The molecule has 5 N–H and O–H groups in total. The number of amides is 1. The number of carbonyl (C=O) groups excluding carboxylic acids is 3. The van der Waals surface area contributed by atoms with Gasteiger partial charge in [0, 0.05) is 13.5 Å². The predicted octanol–water partition coefficient (Wildman–Crippen LogP) is 0.269. The number of hydrogen-bond donors (Lipinski definition) is 3. The maximum Gasteiger partial charge on any atom is 0.239 e. The zero-order chi connectivity index (χ0) is 19.8. The van der Waals surface area contributed by atoms with E-state index in [0.29, 0.717) is 12.0 Å². The molecule has 1 aliphatic carbocycles. The van der Waals surface area contributed by atoms with Crippen molar-refractivity contribution in [3.63, 3.8) is 0 Å². The Morgan fingerprint density at radius 3 is 2.50 bits per heavy atom. The molecule has 1 unspecified atom stereocenters. The van der Waals surface area contributed by atoms with Gasteiger partial charge in [0.25, 0.3) is 0 Å². The average molecular weight is 363 g/mol. The molecule has 0 bridgehead atoms. The molecule has 0 radical (unpaired) electrons. The molecule has 1 amide bonds. The highest BCUT2D eigenvalue weighted by atomic mass is 16.3. The van der Waals surface area contributed by atoms with E-state index in [4.69, 9.17) is 11.5 Å². The van der Waals surface area contributed by atoms with Crippen molar-refractivity contribution < 1.29 is 19.5 Å². The molecule has 26 heavy (non-hydrogen) atoms.